The van der Waals surface area contributed by atoms with Gasteiger partial charge in [0.25, 0.3) is 0 Å². The van der Waals surface area contributed by atoms with E-state index in [2.05, 4.69) is 9.97 Å². The van der Waals surface area contributed by atoms with Crippen LogP contribution in [0.4, 0.5) is 0 Å². The van der Waals surface area contributed by atoms with Gasteiger partial charge in [0.2, 0.25) is 5.78 Å². The lowest BCUT2D eigenvalue weighted by molar-refractivity contribution is 0.0929. The maximum Gasteiger partial charge on any atom is 0.202 e. The molecule has 0 atom stereocenters. The average molecular weight is 226 g/mol. The highest BCUT2D eigenvalue weighted by atomic mass is 16.1. The van der Waals surface area contributed by atoms with Crippen LogP contribution in [-0.2, 0) is 0 Å². The Kier molecular flexibility index (Phi) is 3.28. The van der Waals surface area contributed by atoms with Gasteiger partial charge in [-0.3, -0.25) is 4.79 Å². The van der Waals surface area contributed by atoms with Crippen LogP contribution in [0.1, 0.15) is 24.5 Å². The SMILES string of the molecule is CC(C)C(=O)c1ncc(-c2ccccc2)cn1. The summed E-state index contributed by atoms with van der Waals surface area (Å²) in [5, 5.41) is 0. The monoisotopic (exact) mass is 226 g/mol. The van der Waals surface area contributed by atoms with Crippen molar-refractivity contribution < 1.29 is 4.79 Å². The standard InChI is InChI=1S/C14H14N2O/c1-10(2)13(17)14-15-8-12(9-16-14)11-6-4-3-5-7-11/h3-10H,1-2H3. The molecule has 1 heterocycles. The second-order valence-corrected chi connectivity index (χ2v) is 4.18. The summed E-state index contributed by atoms with van der Waals surface area (Å²) < 4.78 is 0. The van der Waals surface area contributed by atoms with Gasteiger partial charge < -0.3 is 0 Å². The molecule has 86 valence electrons. The molecule has 0 unspecified atom stereocenters. The molecule has 0 aliphatic carbocycles. The van der Waals surface area contributed by atoms with Gasteiger partial charge in [0.1, 0.15) is 0 Å². The number of carbonyl (C=O) groups excluding carboxylic acids is 1. The van der Waals surface area contributed by atoms with Crippen LogP contribution in [0.5, 0.6) is 0 Å². The van der Waals surface area contributed by atoms with Crippen LogP contribution in [0.25, 0.3) is 11.1 Å². The van der Waals surface area contributed by atoms with Crippen LogP contribution in [0.3, 0.4) is 0 Å². The molecule has 0 saturated heterocycles. The molecule has 2 aromatic rings. The van der Waals surface area contributed by atoms with Crippen molar-refractivity contribution >= 4 is 5.78 Å². The normalized spacial score (nSPS) is 10.5. The smallest absolute Gasteiger partial charge is 0.202 e. The number of hydrogen-bond acceptors (Lipinski definition) is 3. The van der Waals surface area contributed by atoms with Gasteiger partial charge in [-0.1, -0.05) is 44.2 Å². The molecule has 1 aromatic carbocycles. The van der Waals surface area contributed by atoms with Crippen molar-refractivity contribution in [2.24, 2.45) is 5.92 Å². The van der Waals surface area contributed by atoms with E-state index in [4.69, 9.17) is 0 Å². The topological polar surface area (TPSA) is 42.9 Å². The minimum atomic E-state index is -0.0717. The lowest BCUT2D eigenvalue weighted by Crippen LogP contribution is -2.11. The molecular weight excluding hydrogens is 212 g/mol. The Morgan fingerprint density at radius 3 is 2.12 bits per heavy atom. The molecule has 0 fully saturated rings. The van der Waals surface area contributed by atoms with Gasteiger partial charge in [-0.15, -0.1) is 0 Å². The van der Waals surface area contributed by atoms with E-state index in [1.165, 1.54) is 0 Å². The van der Waals surface area contributed by atoms with E-state index in [1.807, 2.05) is 44.2 Å². The fraction of sp³-hybridized carbons (Fsp3) is 0.214. The van der Waals surface area contributed by atoms with Gasteiger partial charge in [0, 0.05) is 23.9 Å². The summed E-state index contributed by atoms with van der Waals surface area (Å²) >= 11 is 0. The molecule has 0 N–H and O–H groups in total. The van der Waals surface area contributed by atoms with E-state index in [-0.39, 0.29) is 11.7 Å². The van der Waals surface area contributed by atoms with Crippen LogP contribution in [0.15, 0.2) is 42.7 Å². The summed E-state index contributed by atoms with van der Waals surface area (Å²) in [4.78, 5) is 19.9. The molecule has 0 saturated carbocycles. The highest BCUT2D eigenvalue weighted by Gasteiger charge is 2.13. The largest absolute Gasteiger partial charge is 0.290 e. The predicted octanol–water partition coefficient (Wildman–Crippen LogP) is 2.98. The van der Waals surface area contributed by atoms with E-state index < -0.39 is 0 Å². The maximum atomic E-state index is 11.7. The number of rotatable bonds is 3. The first kappa shape index (κ1) is 11.5. The molecule has 0 aliphatic rings. The number of hydrogen-bond donors (Lipinski definition) is 0. The second kappa shape index (κ2) is 4.87. The molecule has 0 radical (unpaired) electrons. The first-order valence-corrected chi connectivity index (χ1v) is 5.60. The van der Waals surface area contributed by atoms with Gasteiger partial charge in [0.15, 0.2) is 5.82 Å². The van der Waals surface area contributed by atoms with Crippen molar-refractivity contribution in [3.63, 3.8) is 0 Å². The Hall–Kier alpha value is -2.03. The van der Waals surface area contributed by atoms with Crippen molar-refractivity contribution in [1.29, 1.82) is 0 Å². The minimum absolute atomic E-state index is 0.0235. The number of benzene rings is 1. The number of nitrogens with zero attached hydrogens (tertiary/aromatic N) is 2. The molecule has 3 nitrogen and oxygen atoms in total. The van der Waals surface area contributed by atoms with Crippen LogP contribution in [-0.4, -0.2) is 15.8 Å². The number of aromatic nitrogens is 2. The van der Waals surface area contributed by atoms with Crippen LogP contribution in [0, 0.1) is 5.92 Å². The third kappa shape index (κ3) is 2.56. The summed E-state index contributed by atoms with van der Waals surface area (Å²) in [7, 11) is 0. The van der Waals surface area contributed by atoms with Crippen LogP contribution >= 0.6 is 0 Å². The molecule has 0 spiro atoms. The third-order valence-electron chi connectivity index (χ3n) is 2.50. The Balaban J connectivity index is 2.28. The quantitative estimate of drug-likeness (QED) is 0.755. The summed E-state index contributed by atoms with van der Waals surface area (Å²) in [6.45, 7) is 3.69. The molecule has 0 aliphatic heterocycles. The fourth-order valence-electron chi connectivity index (χ4n) is 1.49. The van der Waals surface area contributed by atoms with Crippen LogP contribution in [0.2, 0.25) is 0 Å². The number of Topliss-reactive ketones (excluding diaryl/α,β-unsaturated/α-hetero) is 1. The lowest BCUT2D eigenvalue weighted by atomic mass is 10.1. The highest BCUT2D eigenvalue weighted by Crippen LogP contribution is 2.16. The van der Waals surface area contributed by atoms with Crippen molar-refractivity contribution in [3.8, 4) is 11.1 Å². The van der Waals surface area contributed by atoms with Gasteiger partial charge in [-0.05, 0) is 5.56 Å². The first-order valence-electron chi connectivity index (χ1n) is 5.60. The van der Waals surface area contributed by atoms with Gasteiger partial charge in [-0.25, -0.2) is 9.97 Å². The third-order valence-corrected chi connectivity index (χ3v) is 2.50. The first-order chi connectivity index (χ1) is 8.18. The molecule has 2 rings (SSSR count). The zero-order valence-corrected chi connectivity index (χ0v) is 9.92. The molecule has 17 heavy (non-hydrogen) atoms. The number of carbonyl (C=O) groups is 1. The summed E-state index contributed by atoms with van der Waals surface area (Å²) in [5.74, 6) is 0.196. The molecule has 0 amide bonds. The van der Waals surface area contributed by atoms with Gasteiger partial charge in [0.05, 0.1) is 0 Å². The van der Waals surface area contributed by atoms with Crippen molar-refractivity contribution in [3.05, 3.63) is 48.5 Å². The van der Waals surface area contributed by atoms with E-state index in [0.29, 0.717) is 5.82 Å². The summed E-state index contributed by atoms with van der Waals surface area (Å²) in [5.41, 5.74) is 1.97. The van der Waals surface area contributed by atoms with E-state index >= 15 is 0 Å². The van der Waals surface area contributed by atoms with E-state index in [1.54, 1.807) is 12.4 Å². The van der Waals surface area contributed by atoms with Gasteiger partial charge >= 0.3 is 0 Å². The predicted molar refractivity (Wildman–Crippen MR) is 66.6 cm³/mol. The maximum absolute atomic E-state index is 11.7. The second-order valence-electron chi connectivity index (χ2n) is 4.18. The fourth-order valence-corrected chi connectivity index (χ4v) is 1.49. The average Bonchev–Trinajstić information content (AvgIpc) is 2.39. The molecule has 0 bridgehead atoms. The minimum Gasteiger partial charge on any atom is -0.290 e. The molecule has 1 aromatic heterocycles. The zero-order valence-electron chi connectivity index (χ0n) is 9.92. The Morgan fingerprint density at radius 2 is 1.59 bits per heavy atom. The lowest BCUT2D eigenvalue weighted by Gasteiger charge is -2.04. The molecular formula is C14H14N2O. The van der Waals surface area contributed by atoms with Gasteiger partial charge in [-0.2, -0.15) is 0 Å². The van der Waals surface area contributed by atoms with Crippen molar-refractivity contribution in [2.45, 2.75) is 13.8 Å². The van der Waals surface area contributed by atoms with Crippen LogP contribution < -0.4 is 0 Å². The summed E-state index contributed by atoms with van der Waals surface area (Å²) in [6.07, 6.45) is 3.38. The van der Waals surface area contributed by atoms with E-state index in [9.17, 15) is 4.79 Å². The Morgan fingerprint density at radius 1 is 1.00 bits per heavy atom. The highest BCUT2D eigenvalue weighted by molar-refractivity contribution is 5.93. The summed E-state index contributed by atoms with van der Waals surface area (Å²) in [6, 6.07) is 9.86. The van der Waals surface area contributed by atoms with Crippen molar-refractivity contribution in [1.82, 2.24) is 9.97 Å². The molecule has 3 heteroatoms. The Labute approximate surface area is 101 Å². The zero-order chi connectivity index (χ0) is 12.3. The number of ketones is 1. The Bertz CT molecular complexity index is 504. The van der Waals surface area contributed by atoms with E-state index in [0.717, 1.165) is 11.1 Å². The van der Waals surface area contributed by atoms with Crippen molar-refractivity contribution in [2.75, 3.05) is 0 Å².